The van der Waals surface area contributed by atoms with Gasteiger partial charge in [0.1, 0.15) is 18.0 Å². The van der Waals surface area contributed by atoms with E-state index in [-0.39, 0.29) is 18.6 Å². The summed E-state index contributed by atoms with van der Waals surface area (Å²) in [5.74, 6) is 0.228. The van der Waals surface area contributed by atoms with Gasteiger partial charge in [-0.15, -0.1) is 0 Å². The molecule has 2 heterocycles. The van der Waals surface area contributed by atoms with Crippen molar-refractivity contribution in [1.82, 2.24) is 9.88 Å². The Morgan fingerprint density at radius 2 is 1.74 bits per heavy atom. The van der Waals surface area contributed by atoms with E-state index in [0.717, 1.165) is 11.3 Å². The number of amides is 2. The number of piperazine rings is 1. The molecule has 0 aliphatic carbocycles. The maximum Gasteiger partial charge on any atom is 0.410 e. The smallest absolute Gasteiger partial charge is 0.410 e. The number of nitrogens with zero attached hydrogens (tertiary/aromatic N) is 3. The highest BCUT2D eigenvalue weighted by molar-refractivity contribution is 5.90. The van der Waals surface area contributed by atoms with Gasteiger partial charge < -0.3 is 24.6 Å². The summed E-state index contributed by atoms with van der Waals surface area (Å²) in [4.78, 5) is 32.4. The van der Waals surface area contributed by atoms with Crippen LogP contribution in [0, 0.1) is 0 Å². The van der Waals surface area contributed by atoms with E-state index in [1.807, 2.05) is 57.2 Å². The monoisotopic (exact) mass is 426 g/mol. The predicted octanol–water partition coefficient (Wildman–Crippen LogP) is 3.29. The molecule has 2 amide bonds. The minimum Gasteiger partial charge on any atom is -0.444 e. The lowest BCUT2D eigenvalue weighted by atomic mass is 10.2. The van der Waals surface area contributed by atoms with Crippen molar-refractivity contribution < 1.29 is 19.1 Å². The van der Waals surface area contributed by atoms with E-state index < -0.39 is 5.60 Å². The van der Waals surface area contributed by atoms with Crippen molar-refractivity contribution in [2.45, 2.75) is 33.0 Å². The largest absolute Gasteiger partial charge is 0.444 e. The molecule has 0 unspecified atom stereocenters. The third-order valence-corrected chi connectivity index (χ3v) is 4.66. The number of benzene rings is 1. The summed E-state index contributed by atoms with van der Waals surface area (Å²) in [7, 11) is 0. The molecule has 1 aliphatic heterocycles. The summed E-state index contributed by atoms with van der Waals surface area (Å²) < 4.78 is 10.9. The Bertz CT molecular complexity index is 857. The number of aromatic nitrogens is 1. The van der Waals surface area contributed by atoms with Gasteiger partial charge in [-0.1, -0.05) is 30.3 Å². The molecular formula is C23H30N4O4. The highest BCUT2D eigenvalue weighted by Gasteiger charge is 2.26. The van der Waals surface area contributed by atoms with Gasteiger partial charge in [-0.25, -0.2) is 9.78 Å². The van der Waals surface area contributed by atoms with Crippen LogP contribution in [-0.4, -0.2) is 60.3 Å². The Labute approximate surface area is 183 Å². The Kier molecular flexibility index (Phi) is 7.46. The fraction of sp³-hybridized carbons (Fsp3) is 0.435. The third kappa shape index (κ3) is 7.25. The average molecular weight is 427 g/mol. The molecule has 1 fully saturated rings. The Hall–Kier alpha value is -3.13. The van der Waals surface area contributed by atoms with Crippen molar-refractivity contribution in [2.24, 2.45) is 0 Å². The van der Waals surface area contributed by atoms with Crippen LogP contribution in [0.15, 0.2) is 48.7 Å². The lowest BCUT2D eigenvalue weighted by Gasteiger charge is -2.36. The second-order valence-corrected chi connectivity index (χ2v) is 8.38. The first-order valence-electron chi connectivity index (χ1n) is 10.4. The molecule has 1 aromatic heterocycles. The SMILES string of the molecule is CC(C)(C)OC(=O)N1CCN(c2ccc(NC(=O)COCc3ccccc3)nc2)CC1. The van der Waals surface area contributed by atoms with Crippen molar-refractivity contribution in [2.75, 3.05) is 43.0 Å². The molecule has 0 saturated carbocycles. The number of pyridine rings is 1. The number of ether oxygens (including phenoxy) is 2. The molecule has 0 atom stereocenters. The molecule has 0 bridgehead atoms. The number of hydrogen-bond donors (Lipinski definition) is 1. The van der Waals surface area contributed by atoms with Crippen LogP contribution in [0.5, 0.6) is 0 Å². The van der Waals surface area contributed by atoms with Crippen LogP contribution in [0.2, 0.25) is 0 Å². The zero-order chi connectivity index (χ0) is 22.3. The van der Waals surface area contributed by atoms with E-state index in [0.29, 0.717) is 38.6 Å². The third-order valence-electron chi connectivity index (χ3n) is 4.66. The first kappa shape index (κ1) is 22.6. The molecule has 1 aliphatic rings. The normalized spacial score (nSPS) is 14.3. The molecule has 2 aromatic rings. The molecule has 1 saturated heterocycles. The Balaban J connectivity index is 1.42. The number of carbonyl (C=O) groups excluding carboxylic acids is 2. The van der Waals surface area contributed by atoms with Crippen LogP contribution in [-0.2, 0) is 20.9 Å². The fourth-order valence-corrected chi connectivity index (χ4v) is 3.14. The van der Waals surface area contributed by atoms with Crippen molar-refractivity contribution in [3.63, 3.8) is 0 Å². The molecule has 8 heteroatoms. The van der Waals surface area contributed by atoms with E-state index in [2.05, 4.69) is 15.2 Å². The first-order chi connectivity index (χ1) is 14.8. The molecule has 1 aromatic carbocycles. The Morgan fingerprint density at radius 1 is 1.03 bits per heavy atom. The average Bonchev–Trinajstić information content (AvgIpc) is 2.74. The quantitative estimate of drug-likeness (QED) is 0.763. The summed E-state index contributed by atoms with van der Waals surface area (Å²) in [5, 5.41) is 2.74. The number of rotatable bonds is 6. The van der Waals surface area contributed by atoms with Gasteiger partial charge >= 0.3 is 6.09 Å². The van der Waals surface area contributed by atoms with Crippen molar-refractivity contribution in [3.8, 4) is 0 Å². The number of nitrogens with one attached hydrogen (secondary N) is 1. The van der Waals surface area contributed by atoms with Gasteiger partial charge in [0.15, 0.2) is 0 Å². The zero-order valence-corrected chi connectivity index (χ0v) is 18.3. The van der Waals surface area contributed by atoms with E-state index in [1.54, 1.807) is 17.2 Å². The lowest BCUT2D eigenvalue weighted by molar-refractivity contribution is -0.121. The van der Waals surface area contributed by atoms with E-state index in [9.17, 15) is 9.59 Å². The topological polar surface area (TPSA) is 84.0 Å². The Morgan fingerprint density at radius 3 is 2.35 bits per heavy atom. The van der Waals surface area contributed by atoms with Gasteiger partial charge in [-0.3, -0.25) is 4.79 Å². The summed E-state index contributed by atoms with van der Waals surface area (Å²) in [5.41, 5.74) is 1.47. The summed E-state index contributed by atoms with van der Waals surface area (Å²) in [6, 6.07) is 13.4. The zero-order valence-electron chi connectivity index (χ0n) is 18.3. The van der Waals surface area contributed by atoms with Gasteiger partial charge in [0.2, 0.25) is 0 Å². The van der Waals surface area contributed by atoms with Gasteiger partial charge in [0.05, 0.1) is 18.5 Å². The standard InChI is InChI=1S/C23H30N4O4/c1-23(2,3)31-22(29)27-13-11-26(12-14-27)19-9-10-20(24-15-19)25-21(28)17-30-16-18-7-5-4-6-8-18/h4-10,15H,11-14,16-17H2,1-3H3,(H,24,25,28). The van der Waals surface area contributed by atoms with Crippen molar-refractivity contribution in [3.05, 3.63) is 54.2 Å². The maximum atomic E-state index is 12.2. The first-order valence-corrected chi connectivity index (χ1v) is 10.4. The summed E-state index contributed by atoms with van der Waals surface area (Å²) in [6.45, 7) is 8.51. The van der Waals surface area contributed by atoms with E-state index in [1.165, 1.54) is 0 Å². The summed E-state index contributed by atoms with van der Waals surface area (Å²) in [6.07, 6.45) is 1.45. The van der Waals surface area contributed by atoms with Gasteiger partial charge in [0, 0.05) is 26.2 Å². The van der Waals surface area contributed by atoms with Crippen molar-refractivity contribution >= 4 is 23.5 Å². The molecule has 8 nitrogen and oxygen atoms in total. The molecule has 31 heavy (non-hydrogen) atoms. The molecule has 0 spiro atoms. The van der Waals surface area contributed by atoms with Crippen LogP contribution in [0.25, 0.3) is 0 Å². The van der Waals surface area contributed by atoms with Crippen LogP contribution < -0.4 is 10.2 Å². The molecule has 166 valence electrons. The minimum atomic E-state index is -0.495. The second kappa shape index (κ2) is 10.3. The molecule has 1 N–H and O–H groups in total. The van der Waals surface area contributed by atoms with E-state index >= 15 is 0 Å². The van der Waals surface area contributed by atoms with Gasteiger partial charge in [-0.2, -0.15) is 0 Å². The summed E-state index contributed by atoms with van der Waals surface area (Å²) >= 11 is 0. The van der Waals surface area contributed by atoms with Crippen molar-refractivity contribution in [1.29, 1.82) is 0 Å². The highest BCUT2D eigenvalue weighted by atomic mass is 16.6. The molecule has 3 rings (SSSR count). The highest BCUT2D eigenvalue weighted by Crippen LogP contribution is 2.18. The van der Waals surface area contributed by atoms with Crippen LogP contribution in [0.3, 0.4) is 0 Å². The van der Waals surface area contributed by atoms with Gasteiger partial charge in [-0.05, 0) is 38.5 Å². The number of hydrogen-bond acceptors (Lipinski definition) is 6. The fourth-order valence-electron chi connectivity index (χ4n) is 3.14. The maximum absolute atomic E-state index is 12.2. The van der Waals surface area contributed by atoms with E-state index in [4.69, 9.17) is 9.47 Å². The predicted molar refractivity (Wildman–Crippen MR) is 119 cm³/mol. The number of carbonyl (C=O) groups is 2. The second-order valence-electron chi connectivity index (χ2n) is 8.38. The minimum absolute atomic E-state index is 0.0368. The molecular weight excluding hydrogens is 396 g/mol. The van der Waals surface area contributed by atoms with Crippen LogP contribution in [0.4, 0.5) is 16.3 Å². The van der Waals surface area contributed by atoms with Gasteiger partial charge in [0.25, 0.3) is 5.91 Å². The van der Waals surface area contributed by atoms with Crippen LogP contribution in [0.1, 0.15) is 26.3 Å². The van der Waals surface area contributed by atoms with Crippen LogP contribution >= 0.6 is 0 Å². The lowest BCUT2D eigenvalue weighted by Crippen LogP contribution is -2.50. The molecule has 0 radical (unpaired) electrons. The number of anilines is 2.